The summed E-state index contributed by atoms with van der Waals surface area (Å²) >= 11 is 0. The molecule has 0 bridgehead atoms. The molecule has 1 unspecified atom stereocenters. The van der Waals surface area contributed by atoms with Crippen LogP contribution in [0.3, 0.4) is 0 Å². The monoisotopic (exact) mass is 239 g/mol. The Morgan fingerprint density at radius 2 is 1.88 bits per heavy atom. The summed E-state index contributed by atoms with van der Waals surface area (Å²) in [6, 6.07) is 0.732. The summed E-state index contributed by atoms with van der Waals surface area (Å²) in [7, 11) is 2.25. The van der Waals surface area contributed by atoms with Crippen molar-refractivity contribution >= 4 is 0 Å². The molecule has 17 heavy (non-hydrogen) atoms. The smallest absolute Gasteiger partial charge is 0.0283 e. The van der Waals surface area contributed by atoms with Crippen molar-refractivity contribution in [2.24, 2.45) is 5.73 Å². The predicted octanol–water partition coefficient (Wildman–Crippen LogP) is 1.67. The van der Waals surface area contributed by atoms with Gasteiger partial charge in [0.2, 0.25) is 0 Å². The zero-order valence-corrected chi connectivity index (χ0v) is 11.6. The highest BCUT2D eigenvalue weighted by atomic mass is 15.3. The second-order valence-corrected chi connectivity index (χ2v) is 6.20. The molecule has 3 nitrogen and oxygen atoms in total. The molecule has 1 saturated heterocycles. The fraction of sp³-hybridized carbons (Fsp3) is 1.00. The van der Waals surface area contributed by atoms with E-state index in [4.69, 9.17) is 5.73 Å². The quantitative estimate of drug-likeness (QED) is 0.813. The van der Waals surface area contributed by atoms with Crippen molar-refractivity contribution in [3.8, 4) is 0 Å². The van der Waals surface area contributed by atoms with E-state index in [0.717, 1.165) is 12.6 Å². The van der Waals surface area contributed by atoms with Crippen molar-refractivity contribution in [2.75, 3.05) is 33.2 Å². The van der Waals surface area contributed by atoms with E-state index in [1.807, 2.05) is 0 Å². The summed E-state index contributed by atoms with van der Waals surface area (Å²) in [4.78, 5) is 5.11. The molecular formula is C14H29N3. The number of nitrogens with zero attached hydrogens (tertiary/aromatic N) is 2. The van der Waals surface area contributed by atoms with Gasteiger partial charge in [-0.1, -0.05) is 26.2 Å². The molecule has 0 aromatic heterocycles. The van der Waals surface area contributed by atoms with Gasteiger partial charge in [0.1, 0.15) is 0 Å². The number of hydrogen-bond donors (Lipinski definition) is 1. The van der Waals surface area contributed by atoms with Gasteiger partial charge >= 0.3 is 0 Å². The Kier molecular flexibility index (Phi) is 4.45. The maximum Gasteiger partial charge on any atom is 0.0283 e. The van der Waals surface area contributed by atoms with Crippen molar-refractivity contribution in [1.82, 2.24) is 9.80 Å². The molecule has 0 aromatic rings. The molecule has 0 radical (unpaired) electrons. The van der Waals surface area contributed by atoms with Crippen LogP contribution in [-0.2, 0) is 0 Å². The van der Waals surface area contributed by atoms with Gasteiger partial charge in [0.25, 0.3) is 0 Å². The Bertz CT molecular complexity index is 236. The molecule has 1 aliphatic carbocycles. The summed E-state index contributed by atoms with van der Waals surface area (Å²) in [5.74, 6) is 0. The van der Waals surface area contributed by atoms with Gasteiger partial charge in [-0.15, -0.1) is 0 Å². The van der Waals surface area contributed by atoms with E-state index in [2.05, 4.69) is 23.8 Å². The topological polar surface area (TPSA) is 32.5 Å². The standard InChI is InChI=1S/C14H29N3/c1-3-13-11-17(10-9-16(13)2)12-14(15)7-5-4-6-8-14/h13H,3-12,15H2,1-2H3. The Morgan fingerprint density at radius 3 is 2.53 bits per heavy atom. The van der Waals surface area contributed by atoms with E-state index in [9.17, 15) is 0 Å². The molecule has 0 aromatic carbocycles. The molecular weight excluding hydrogens is 210 g/mol. The molecule has 2 aliphatic rings. The zero-order valence-electron chi connectivity index (χ0n) is 11.6. The van der Waals surface area contributed by atoms with Crippen LogP contribution >= 0.6 is 0 Å². The summed E-state index contributed by atoms with van der Waals surface area (Å²) in [6.07, 6.45) is 7.78. The molecule has 0 spiro atoms. The number of piperazine rings is 1. The van der Waals surface area contributed by atoms with Gasteiger partial charge in [0.05, 0.1) is 0 Å². The Morgan fingerprint density at radius 1 is 1.18 bits per heavy atom. The predicted molar refractivity (Wildman–Crippen MR) is 73.2 cm³/mol. The average molecular weight is 239 g/mol. The fourth-order valence-corrected chi connectivity index (χ4v) is 3.45. The number of hydrogen-bond acceptors (Lipinski definition) is 3. The van der Waals surface area contributed by atoms with Gasteiger partial charge in [-0.2, -0.15) is 0 Å². The minimum absolute atomic E-state index is 0.118. The highest BCUT2D eigenvalue weighted by Gasteiger charge is 2.32. The molecule has 1 saturated carbocycles. The highest BCUT2D eigenvalue weighted by Crippen LogP contribution is 2.27. The van der Waals surface area contributed by atoms with Crippen molar-refractivity contribution in [1.29, 1.82) is 0 Å². The first kappa shape index (κ1) is 13.3. The lowest BCUT2D eigenvalue weighted by Crippen LogP contribution is -2.58. The van der Waals surface area contributed by atoms with Gasteiger partial charge in [0, 0.05) is 37.8 Å². The Balaban J connectivity index is 1.86. The van der Waals surface area contributed by atoms with Crippen LogP contribution in [0.5, 0.6) is 0 Å². The van der Waals surface area contributed by atoms with E-state index in [1.54, 1.807) is 0 Å². The lowest BCUT2D eigenvalue weighted by Gasteiger charge is -2.44. The van der Waals surface area contributed by atoms with E-state index < -0.39 is 0 Å². The van der Waals surface area contributed by atoms with E-state index in [-0.39, 0.29) is 5.54 Å². The highest BCUT2D eigenvalue weighted by molar-refractivity contribution is 4.92. The maximum absolute atomic E-state index is 6.56. The molecule has 3 heteroatoms. The third kappa shape index (κ3) is 3.43. The van der Waals surface area contributed by atoms with Gasteiger partial charge in [-0.25, -0.2) is 0 Å². The molecule has 1 aliphatic heterocycles. The van der Waals surface area contributed by atoms with Gasteiger partial charge < -0.3 is 10.6 Å². The normalized spacial score (nSPS) is 31.6. The lowest BCUT2D eigenvalue weighted by molar-refractivity contribution is 0.0684. The third-order valence-corrected chi connectivity index (χ3v) is 4.72. The van der Waals surface area contributed by atoms with Crippen LogP contribution in [0.2, 0.25) is 0 Å². The first-order valence-corrected chi connectivity index (χ1v) is 7.34. The minimum Gasteiger partial charge on any atom is -0.324 e. The van der Waals surface area contributed by atoms with Gasteiger partial charge in [-0.3, -0.25) is 4.90 Å². The zero-order chi connectivity index (χ0) is 12.3. The average Bonchev–Trinajstić information content (AvgIpc) is 2.32. The molecule has 2 rings (SSSR count). The van der Waals surface area contributed by atoms with Crippen molar-refractivity contribution in [3.05, 3.63) is 0 Å². The molecule has 100 valence electrons. The number of nitrogens with two attached hydrogens (primary N) is 1. The van der Waals surface area contributed by atoms with Crippen LogP contribution in [0.4, 0.5) is 0 Å². The van der Waals surface area contributed by atoms with E-state index in [0.29, 0.717) is 0 Å². The SMILES string of the molecule is CCC1CN(CC2(N)CCCCC2)CCN1C. The first-order chi connectivity index (χ1) is 8.13. The second-order valence-electron chi connectivity index (χ2n) is 6.20. The number of likely N-dealkylation sites (N-methyl/N-ethyl adjacent to an activating group) is 1. The Labute approximate surface area is 106 Å². The van der Waals surface area contributed by atoms with Crippen LogP contribution in [0.15, 0.2) is 0 Å². The molecule has 1 heterocycles. The maximum atomic E-state index is 6.56. The minimum atomic E-state index is 0.118. The van der Waals surface area contributed by atoms with Crippen LogP contribution < -0.4 is 5.73 Å². The van der Waals surface area contributed by atoms with E-state index in [1.165, 1.54) is 58.2 Å². The van der Waals surface area contributed by atoms with E-state index >= 15 is 0 Å². The fourth-order valence-electron chi connectivity index (χ4n) is 3.45. The third-order valence-electron chi connectivity index (χ3n) is 4.72. The van der Waals surface area contributed by atoms with Crippen molar-refractivity contribution in [3.63, 3.8) is 0 Å². The molecule has 2 N–H and O–H groups in total. The molecule has 2 fully saturated rings. The molecule has 0 amide bonds. The largest absolute Gasteiger partial charge is 0.324 e. The van der Waals surface area contributed by atoms with Crippen molar-refractivity contribution < 1.29 is 0 Å². The second kappa shape index (κ2) is 5.68. The summed E-state index contributed by atoms with van der Waals surface area (Å²) in [5, 5.41) is 0. The van der Waals surface area contributed by atoms with Crippen molar-refractivity contribution in [2.45, 2.75) is 57.0 Å². The molecule has 1 atom stereocenters. The first-order valence-electron chi connectivity index (χ1n) is 7.34. The summed E-state index contributed by atoms with van der Waals surface area (Å²) < 4.78 is 0. The van der Waals surface area contributed by atoms with Crippen LogP contribution in [-0.4, -0.2) is 54.6 Å². The van der Waals surface area contributed by atoms with Gasteiger partial charge in [0.15, 0.2) is 0 Å². The lowest BCUT2D eigenvalue weighted by atomic mass is 9.82. The Hall–Kier alpha value is -0.120. The van der Waals surface area contributed by atoms with Crippen LogP contribution in [0.25, 0.3) is 0 Å². The van der Waals surface area contributed by atoms with Gasteiger partial charge in [-0.05, 0) is 26.3 Å². The summed E-state index contributed by atoms with van der Waals surface area (Å²) in [6.45, 7) is 7.04. The van der Waals surface area contributed by atoms with Crippen LogP contribution in [0.1, 0.15) is 45.4 Å². The summed E-state index contributed by atoms with van der Waals surface area (Å²) in [5.41, 5.74) is 6.67. The number of rotatable bonds is 3. The van der Waals surface area contributed by atoms with Crippen LogP contribution in [0, 0.1) is 0 Å².